The van der Waals surface area contributed by atoms with E-state index in [0.717, 1.165) is 19.6 Å². The molecule has 0 amide bonds. The normalized spacial score (nSPS) is 28.0. The van der Waals surface area contributed by atoms with E-state index >= 15 is 0 Å². The quantitative estimate of drug-likeness (QED) is 0.908. The second kappa shape index (κ2) is 6.10. The second-order valence-corrected chi connectivity index (χ2v) is 8.24. The van der Waals surface area contributed by atoms with Crippen LogP contribution >= 0.6 is 0 Å². The van der Waals surface area contributed by atoms with Crippen LogP contribution in [0.1, 0.15) is 47.1 Å². The number of benzene rings is 1. The molecule has 1 aromatic rings. The van der Waals surface area contributed by atoms with Crippen LogP contribution in [0.15, 0.2) is 30.3 Å². The summed E-state index contributed by atoms with van der Waals surface area (Å²) in [4.78, 5) is 2.69. The van der Waals surface area contributed by atoms with Crippen LogP contribution < -0.4 is 5.32 Å². The molecule has 2 heteroatoms. The van der Waals surface area contributed by atoms with E-state index in [0.29, 0.717) is 17.4 Å². The van der Waals surface area contributed by atoms with Crippen LogP contribution in [0.25, 0.3) is 0 Å². The summed E-state index contributed by atoms with van der Waals surface area (Å²) in [5.74, 6) is 0.687. The number of hydrogen-bond acceptors (Lipinski definition) is 2. The van der Waals surface area contributed by atoms with Crippen LogP contribution in [0, 0.1) is 11.3 Å². The molecule has 118 valence electrons. The third kappa shape index (κ3) is 3.67. The predicted octanol–water partition coefficient (Wildman–Crippen LogP) is 3.88. The van der Waals surface area contributed by atoms with Crippen LogP contribution in [0.4, 0.5) is 0 Å². The zero-order valence-electron chi connectivity index (χ0n) is 14.6. The van der Waals surface area contributed by atoms with Crippen LogP contribution in [0.5, 0.6) is 0 Å². The third-order valence-electron chi connectivity index (χ3n) is 4.82. The van der Waals surface area contributed by atoms with Gasteiger partial charge in [-0.25, -0.2) is 0 Å². The van der Waals surface area contributed by atoms with Crippen molar-refractivity contribution in [2.45, 2.75) is 53.1 Å². The fraction of sp³-hybridized carbons (Fsp3) is 0.684. The highest BCUT2D eigenvalue weighted by atomic mass is 15.3. The summed E-state index contributed by atoms with van der Waals surface area (Å²) in [7, 11) is 0. The van der Waals surface area contributed by atoms with E-state index in [4.69, 9.17) is 0 Å². The first-order valence-corrected chi connectivity index (χ1v) is 8.27. The molecule has 1 saturated heterocycles. The Kier molecular flexibility index (Phi) is 4.79. The Morgan fingerprint density at radius 1 is 1.24 bits per heavy atom. The smallest absolute Gasteiger partial charge is 0.0558 e. The largest absolute Gasteiger partial charge is 0.310 e. The SMILES string of the molecule is CC(C)CN1CC(C(C)(C)C)NCC1(C)c1ccccc1. The molecule has 0 aromatic heterocycles. The van der Waals surface area contributed by atoms with Crippen molar-refractivity contribution in [1.82, 2.24) is 10.2 Å². The average Bonchev–Trinajstić information content (AvgIpc) is 2.40. The minimum atomic E-state index is 0.0906. The van der Waals surface area contributed by atoms with Gasteiger partial charge in [0.2, 0.25) is 0 Å². The van der Waals surface area contributed by atoms with E-state index in [1.165, 1.54) is 5.56 Å². The lowest BCUT2D eigenvalue weighted by Gasteiger charge is -2.52. The van der Waals surface area contributed by atoms with Crippen LogP contribution in [0.2, 0.25) is 0 Å². The van der Waals surface area contributed by atoms with Gasteiger partial charge < -0.3 is 5.32 Å². The van der Waals surface area contributed by atoms with Crippen LogP contribution in [0.3, 0.4) is 0 Å². The first kappa shape index (κ1) is 16.5. The van der Waals surface area contributed by atoms with Gasteiger partial charge in [-0.15, -0.1) is 0 Å². The topological polar surface area (TPSA) is 15.3 Å². The van der Waals surface area contributed by atoms with E-state index < -0.39 is 0 Å². The molecule has 0 aliphatic carbocycles. The molecule has 1 fully saturated rings. The maximum absolute atomic E-state index is 3.81. The van der Waals surface area contributed by atoms with E-state index in [9.17, 15) is 0 Å². The van der Waals surface area contributed by atoms with Crippen LogP contribution in [-0.2, 0) is 5.54 Å². The molecule has 0 bridgehead atoms. The van der Waals surface area contributed by atoms with Crippen molar-refractivity contribution in [3.8, 4) is 0 Å². The van der Waals surface area contributed by atoms with Crippen molar-refractivity contribution < 1.29 is 0 Å². The van der Waals surface area contributed by atoms with Gasteiger partial charge in [-0.05, 0) is 23.8 Å². The molecule has 1 heterocycles. The fourth-order valence-corrected chi connectivity index (χ4v) is 3.30. The van der Waals surface area contributed by atoms with Gasteiger partial charge in [-0.3, -0.25) is 4.90 Å². The summed E-state index contributed by atoms with van der Waals surface area (Å²) in [6.07, 6.45) is 0. The molecule has 2 rings (SSSR count). The Balaban J connectivity index is 2.28. The monoisotopic (exact) mass is 288 g/mol. The molecule has 0 saturated carbocycles. The molecular weight excluding hydrogens is 256 g/mol. The maximum Gasteiger partial charge on any atom is 0.0558 e. The molecule has 0 spiro atoms. The fourth-order valence-electron chi connectivity index (χ4n) is 3.30. The van der Waals surface area contributed by atoms with Gasteiger partial charge in [0, 0.05) is 25.7 Å². The van der Waals surface area contributed by atoms with Crippen molar-refractivity contribution in [2.75, 3.05) is 19.6 Å². The van der Waals surface area contributed by atoms with Gasteiger partial charge >= 0.3 is 0 Å². The summed E-state index contributed by atoms with van der Waals surface area (Å²) < 4.78 is 0. The number of nitrogens with one attached hydrogen (secondary N) is 1. The van der Waals surface area contributed by atoms with Crippen molar-refractivity contribution in [3.63, 3.8) is 0 Å². The standard InChI is InChI=1S/C19H32N2/c1-15(2)12-21-13-17(18(3,4)5)20-14-19(21,6)16-10-8-7-9-11-16/h7-11,15,17,20H,12-14H2,1-6H3. The molecular formula is C19H32N2. The summed E-state index contributed by atoms with van der Waals surface area (Å²) in [5, 5.41) is 3.81. The summed E-state index contributed by atoms with van der Waals surface area (Å²) >= 11 is 0. The maximum atomic E-state index is 3.81. The summed E-state index contributed by atoms with van der Waals surface area (Å²) in [6.45, 7) is 17.3. The Bertz CT molecular complexity index is 446. The highest BCUT2D eigenvalue weighted by molar-refractivity contribution is 5.25. The van der Waals surface area contributed by atoms with Crippen molar-refractivity contribution in [1.29, 1.82) is 0 Å². The van der Waals surface area contributed by atoms with E-state index in [2.05, 4.69) is 82.1 Å². The van der Waals surface area contributed by atoms with Gasteiger partial charge in [0.05, 0.1) is 5.54 Å². The van der Waals surface area contributed by atoms with Gasteiger partial charge in [-0.2, -0.15) is 0 Å². The zero-order chi connectivity index (χ0) is 15.7. The molecule has 1 aromatic carbocycles. The number of rotatable bonds is 3. The first-order chi connectivity index (χ1) is 9.73. The Morgan fingerprint density at radius 3 is 2.38 bits per heavy atom. The molecule has 0 radical (unpaired) electrons. The first-order valence-electron chi connectivity index (χ1n) is 8.27. The molecule has 2 atom stereocenters. The average molecular weight is 288 g/mol. The lowest BCUT2D eigenvalue weighted by Crippen LogP contribution is -2.64. The highest BCUT2D eigenvalue weighted by Gasteiger charge is 2.42. The van der Waals surface area contributed by atoms with Gasteiger partial charge in [-0.1, -0.05) is 65.0 Å². The minimum Gasteiger partial charge on any atom is -0.310 e. The van der Waals surface area contributed by atoms with Crippen molar-refractivity contribution in [3.05, 3.63) is 35.9 Å². The number of nitrogens with zero attached hydrogens (tertiary/aromatic N) is 1. The number of piperazine rings is 1. The lowest BCUT2D eigenvalue weighted by molar-refractivity contribution is 0.0136. The van der Waals surface area contributed by atoms with E-state index in [1.54, 1.807) is 0 Å². The minimum absolute atomic E-state index is 0.0906. The molecule has 1 aliphatic heterocycles. The summed E-state index contributed by atoms with van der Waals surface area (Å²) in [5.41, 5.74) is 1.81. The highest BCUT2D eigenvalue weighted by Crippen LogP contribution is 2.34. The van der Waals surface area contributed by atoms with Crippen molar-refractivity contribution >= 4 is 0 Å². The predicted molar refractivity (Wildman–Crippen MR) is 91.5 cm³/mol. The molecule has 1 aliphatic rings. The third-order valence-corrected chi connectivity index (χ3v) is 4.82. The van der Waals surface area contributed by atoms with Gasteiger partial charge in [0.1, 0.15) is 0 Å². The van der Waals surface area contributed by atoms with Crippen LogP contribution in [-0.4, -0.2) is 30.6 Å². The Labute approximate surface area is 130 Å². The van der Waals surface area contributed by atoms with E-state index in [-0.39, 0.29) is 5.54 Å². The zero-order valence-corrected chi connectivity index (χ0v) is 14.6. The second-order valence-electron chi connectivity index (χ2n) is 8.24. The number of hydrogen-bond donors (Lipinski definition) is 1. The Morgan fingerprint density at radius 2 is 1.86 bits per heavy atom. The van der Waals surface area contributed by atoms with Crippen molar-refractivity contribution in [2.24, 2.45) is 11.3 Å². The van der Waals surface area contributed by atoms with Gasteiger partial charge in [0.15, 0.2) is 0 Å². The molecule has 1 N–H and O–H groups in total. The molecule has 21 heavy (non-hydrogen) atoms. The van der Waals surface area contributed by atoms with Gasteiger partial charge in [0.25, 0.3) is 0 Å². The summed E-state index contributed by atoms with van der Waals surface area (Å²) in [6, 6.07) is 11.5. The molecule has 2 nitrogen and oxygen atoms in total. The molecule has 2 unspecified atom stereocenters. The van der Waals surface area contributed by atoms with E-state index in [1.807, 2.05) is 0 Å². The Hall–Kier alpha value is -0.860. The lowest BCUT2D eigenvalue weighted by atomic mass is 9.80.